The maximum Gasteiger partial charge on any atom is 0.202 e. The van der Waals surface area contributed by atoms with Gasteiger partial charge in [-0.05, 0) is 6.42 Å². The second-order valence-electron chi connectivity index (χ2n) is 3.25. The molecule has 2 heterocycles. The molecule has 2 rings (SSSR count). The molecule has 0 fully saturated rings. The van der Waals surface area contributed by atoms with Crippen LogP contribution < -0.4 is 5.32 Å². The zero-order valence-corrected chi connectivity index (χ0v) is 9.58. The van der Waals surface area contributed by atoms with Crippen molar-refractivity contribution >= 4 is 16.7 Å². The van der Waals surface area contributed by atoms with Crippen LogP contribution in [0, 0.1) is 0 Å². The van der Waals surface area contributed by atoms with E-state index in [2.05, 4.69) is 26.7 Å². The molecule has 0 aromatic carbocycles. The fourth-order valence-electron chi connectivity index (χ4n) is 1.18. The van der Waals surface area contributed by atoms with Crippen LogP contribution in [0.4, 0.5) is 5.13 Å². The Balaban J connectivity index is 2.13. The van der Waals surface area contributed by atoms with E-state index in [1.807, 2.05) is 13.2 Å². The second kappa shape index (κ2) is 4.39. The molecule has 0 radical (unpaired) electrons. The number of aryl methyl sites for hydroxylation is 1. The molecular weight excluding hydrogens is 210 g/mol. The highest BCUT2D eigenvalue weighted by Crippen LogP contribution is 2.19. The highest BCUT2D eigenvalue weighted by Gasteiger charge is 2.07. The van der Waals surface area contributed by atoms with Gasteiger partial charge >= 0.3 is 0 Å². The third-order valence-electron chi connectivity index (χ3n) is 1.92. The van der Waals surface area contributed by atoms with Crippen LogP contribution in [0.1, 0.15) is 13.3 Å². The summed E-state index contributed by atoms with van der Waals surface area (Å²) in [6, 6.07) is 0. The summed E-state index contributed by atoms with van der Waals surface area (Å²) in [6.07, 6.45) is 4.76. The molecule has 0 amide bonds. The van der Waals surface area contributed by atoms with Crippen LogP contribution in [-0.4, -0.2) is 25.7 Å². The highest BCUT2D eigenvalue weighted by atomic mass is 32.1. The Labute approximate surface area is 92.3 Å². The fraction of sp³-hybridized carbons (Fsp3) is 0.444. The molecular formula is C9H13N5S. The van der Waals surface area contributed by atoms with Gasteiger partial charge in [-0.2, -0.15) is 14.5 Å². The Bertz CT molecular complexity index is 433. The third-order valence-corrected chi connectivity index (χ3v) is 2.59. The summed E-state index contributed by atoms with van der Waals surface area (Å²) in [4.78, 5) is 4.37. The summed E-state index contributed by atoms with van der Waals surface area (Å²) in [5.74, 6) is 0.742. The molecule has 80 valence electrons. The molecule has 2 aromatic rings. The van der Waals surface area contributed by atoms with Gasteiger partial charge in [-0.15, -0.1) is 0 Å². The van der Waals surface area contributed by atoms with E-state index < -0.39 is 0 Å². The quantitative estimate of drug-likeness (QED) is 0.858. The van der Waals surface area contributed by atoms with E-state index in [0.29, 0.717) is 0 Å². The molecule has 0 aliphatic heterocycles. The maximum absolute atomic E-state index is 4.37. The average Bonchev–Trinajstić information content (AvgIpc) is 2.83. The minimum atomic E-state index is 0.742. The first-order chi connectivity index (χ1) is 7.29. The maximum atomic E-state index is 4.37. The molecule has 0 spiro atoms. The van der Waals surface area contributed by atoms with Crippen molar-refractivity contribution in [2.75, 3.05) is 11.9 Å². The molecule has 0 aliphatic carbocycles. The third kappa shape index (κ3) is 2.33. The van der Waals surface area contributed by atoms with Gasteiger partial charge in [-0.1, -0.05) is 6.92 Å². The van der Waals surface area contributed by atoms with Gasteiger partial charge in [0.15, 0.2) is 5.82 Å². The molecule has 1 N–H and O–H groups in total. The van der Waals surface area contributed by atoms with Gasteiger partial charge in [-0.3, -0.25) is 4.68 Å². The van der Waals surface area contributed by atoms with Gasteiger partial charge in [-0.25, -0.2) is 0 Å². The average molecular weight is 223 g/mol. The van der Waals surface area contributed by atoms with Crippen LogP contribution in [-0.2, 0) is 7.05 Å². The minimum Gasteiger partial charge on any atom is -0.360 e. The lowest BCUT2D eigenvalue weighted by Gasteiger charge is -1.95. The van der Waals surface area contributed by atoms with Crippen LogP contribution in [0.5, 0.6) is 0 Å². The summed E-state index contributed by atoms with van der Waals surface area (Å²) in [7, 11) is 1.88. The SMILES string of the molecule is CCCNc1nc(-c2cnn(C)c2)ns1. The molecule has 15 heavy (non-hydrogen) atoms. The summed E-state index contributed by atoms with van der Waals surface area (Å²) < 4.78 is 6.01. The van der Waals surface area contributed by atoms with E-state index in [9.17, 15) is 0 Å². The number of rotatable bonds is 4. The summed E-state index contributed by atoms with van der Waals surface area (Å²) in [5.41, 5.74) is 0.957. The van der Waals surface area contributed by atoms with Crippen molar-refractivity contribution in [3.05, 3.63) is 12.4 Å². The largest absolute Gasteiger partial charge is 0.360 e. The molecule has 0 aliphatic rings. The zero-order valence-electron chi connectivity index (χ0n) is 8.77. The van der Waals surface area contributed by atoms with Gasteiger partial charge < -0.3 is 5.32 Å². The predicted molar refractivity (Wildman–Crippen MR) is 60.9 cm³/mol. The lowest BCUT2D eigenvalue weighted by molar-refractivity contribution is 0.768. The van der Waals surface area contributed by atoms with Crippen LogP contribution in [0.2, 0.25) is 0 Å². The monoisotopic (exact) mass is 223 g/mol. The summed E-state index contributed by atoms with van der Waals surface area (Å²) >= 11 is 1.38. The number of aromatic nitrogens is 4. The molecule has 5 nitrogen and oxygen atoms in total. The van der Waals surface area contributed by atoms with Crippen molar-refractivity contribution in [1.29, 1.82) is 0 Å². The van der Waals surface area contributed by atoms with Gasteiger partial charge in [0.1, 0.15) is 0 Å². The molecule has 0 saturated carbocycles. The van der Waals surface area contributed by atoms with Crippen LogP contribution in [0.25, 0.3) is 11.4 Å². The van der Waals surface area contributed by atoms with E-state index >= 15 is 0 Å². The molecule has 2 aromatic heterocycles. The van der Waals surface area contributed by atoms with E-state index in [1.165, 1.54) is 11.5 Å². The Morgan fingerprint density at radius 1 is 1.53 bits per heavy atom. The standard InChI is InChI=1S/C9H13N5S/c1-3-4-10-9-12-8(13-15-9)7-5-11-14(2)6-7/h5-6H,3-4H2,1-2H3,(H,10,12,13). The van der Waals surface area contributed by atoms with Gasteiger partial charge in [0.2, 0.25) is 5.13 Å². The molecule has 0 unspecified atom stereocenters. The number of nitrogens with one attached hydrogen (secondary N) is 1. The van der Waals surface area contributed by atoms with Crippen molar-refractivity contribution in [1.82, 2.24) is 19.1 Å². The smallest absolute Gasteiger partial charge is 0.202 e. The first-order valence-corrected chi connectivity index (χ1v) is 5.63. The van der Waals surface area contributed by atoms with Crippen molar-refractivity contribution in [3.63, 3.8) is 0 Å². The summed E-state index contributed by atoms with van der Waals surface area (Å²) in [6.45, 7) is 3.05. The normalized spacial score (nSPS) is 10.5. The van der Waals surface area contributed by atoms with Gasteiger partial charge in [0, 0.05) is 31.3 Å². The summed E-state index contributed by atoms with van der Waals surface area (Å²) in [5, 5.41) is 8.17. The fourth-order valence-corrected chi connectivity index (χ4v) is 1.79. The molecule has 0 atom stereocenters. The molecule has 0 bridgehead atoms. The van der Waals surface area contributed by atoms with Crippen LogP contribution in [0.15, 0.2) is 12.4 Å². The Hall–Kier alpha value is -1.43. The number of anilines is 1. The van der Waals surface area contributed by atoms with Crippen molar-refractivity contribution < 1.29 is 0 Å². The predicted octanol–water partition coefficient (Wildman–Crippen LogP) is 1.76. The second-order valence-corrected chi connectivity index (χ2v) is 4.00. The Morgan fingerprint density at radius 2 is 2.40 bits per heavy atom. The van der Waals surface area contributed by atoms with Gasteiger partial charge in [0.25, 0.3) is 0 Å². The van der Waals surface area contributed by atoms with Gasteiger partial charge in [0.05, 0.1) is 11.8 Å². The van der Waals surface area contributed by atoms with E-state index in [0.717, 1.165) is 29.5 Å². The minimum absolute atomic E-state index is 0.742. The topological polar surface area (TPSA) is 55.6 Å². The van der Waals surface area contributed by atoms with Crippen molar-refractivity contribution in [2.45, 2.75) is 13.3 Å². The lowest BCUT2D eigenvalue weighted by atomic mass is 10.3. The van der Waals surface area contributed by atoms with Crippen molar-refractivity contribution in [3.8, 4) is 11.4 Å². The first-order valence-electron chi connectivity index (χ1n) is 4.86. The lowest BCUT2D eigenvalue weighted by Crippen LogP contribution is -1.98. The number of hydrogen-bond donors (Lipinski definition) is 1. The Kier molecular flexibility index (Phi) is 2.96. The van der Waals surface area contributed by atoms with E-state index in [1.54, 1.807) is 10.9 Å². The number of nitrogens with zero attached hydrogens (tertiary/aromatic N) is 4. The van der Waals surface area contributed by atoms with Crippen LogP contribution in [0.3, 0.4) is 0 Å². The highest BCUT2D eigenvalue weighted by molar-refractivity contribution is 7.09. The Morgan fingerprint density at radius 3 is 3.07 bits per heavy atom. The van der Waals surface area contributed by atoms with E-state index in [4.69, 9.17) is 0 Å². The van der Waals surface area contributed by atoms with E-state index in [-0.39, 0.29) is 0 Å². The van der Waals surface area contributed by atoms with Crippen LogP contribution >= 0.6 is 11.5 Å². The number of hydrogen-bond acceptors (Lipinski definition) is 5. The first kappa shape index (κ1) is 10.1. The molecule has 0 saturated heterocycles. The zero-order chi connectivity index (χ0) is 10.7. The molecule has 6 heteroatoms. The van der Waals surface area contributed by atoms with Crippen molar-refractivity contribution in [2.24, 2.45) is 7.05 Å².